The lowest BCUT2D eigenvalue weighted by Crippen LogP contribution is -2.44. The number of nitrogens with one attached hydrogen (secondary N) is 1. The summed E-state index contributed by atoms with van der Waals surface area (Å²) in [7, 11) is 1.25. The van der Waals surface area contributed by atoms with Crippen LogP contribution in [0.25, 0.3) is 6.08 Å². The number of hydrazine groups is 1. The molecule has 1 fully saturated rings. The van der Waals surface area contributed by atoms with Crippen LogP contribution in [0.1, 0.15) is 25.3 Å². The molecule has 0 atom stereocenters. The molecule has 136 valence electrons. The highest BCUT2D eigenvalue weighted by molar-refractivity contribution is 8.26. The Morgan fingerprint density at radius 2 is 1.96 bits per heavy atom. The number of carbonyl (C=O) groups is 3. The van der Waals surface area contributed by atoms with Crippen LogP contribution in [0.4, 0.5) is 0 Å². The number of esters is 1. The Morgan fingerprint density at radius 3 is 2.62 bits per heavy atom. The van der Waals surface area contributed by atoms with E-state index in [0.717, 1.165) is 27.9 Å². The van der Waals surface area contributed by atoms with Gasteiger partial charge in [0.15, 0.2) is 4.32 Å². The quantitative estimate of drug-likeness (QED) is 0.457. The zero-order valence-corrected chi connectivity index (χ0v) is 16.0. The SMILES string of the molecule is COC(=O)CCC(=O)NN1C(=O)/C(=C/C(C)=C/c2ccccc2)SC1=S. The molecule has 0 unspecified atom stereocenters. The number of carbonyl (C=O) groups excluding carboxylic acids is 3. The van der Waals surface area contributed by atoms with Gasteiger partial charge in [0.05, 0.1) is 18.4 Å². The van der Waals surface area contributed by atoms with E-state index < -0.39 is 17.8 Å². The number of allylic oxidation sites excluding steroid dienone is 2. The predicted molar refractivity (Wildman–Crippen MR) is 105 cm³/mol. The topological polar surface area (TPSA) is 75.7 Å². The first kappa shape index (κ1) is 19.9. The van der Waals surface area contributed by atoms with Gasteiger partial charge in [-0.1, -0.05) is 48.2 Å². The highest BCUT2D eigenvalue weighted by Crippen LogP contribution is 2.30. The number of thioether (sulfide) groups is 1. The van der Waals surface area contributed by atoms with Crippen molar-refractivity contribution in [2.45, 2.75) is 19.8 Å². The van der Waals surface area contributed by atoms with Crippen LogP contribution >= 0.6 is 24.0 Å². The van der Waals surface area contributed by atoms with Crippen molar-refractivity contribution < 1.29 is 19.1 Å². The Balaban J connectivity index is 2.02. The van der Waals surface area contributed by atoms with Gasteiger partial charge in [-0.3, -0.25) is 19.8 Å². The van der Waals surface area contributed by atoms with Gasteiger partial charge in [-0.25, -0.2) is 0 Å². The van der Waals surface area contributed by atoms with Gasteiger partial charge < -0.3 is 4.74 Å². The fourth-order valence-corrected chi connectivity index (χ4v) is 3.35. The monoisotopic (exact) mass is 390 g/mol. The molecule has 6 nitrogen and oxygen atoms in total. The largest absolute Gasteiger partial charge is 0.469 e. The third kappa shape index (κ3) is 5.53. The third-order valence-corrected chi connectivity index (χ3v) is 4.67. The average Bonchev–Trinajstić information content (AvgIpc) is 2.87. The molecule has 0 saturated carbocycles. The first-order valence-electron chi connectivity index (χ1n) is 7.78. The van der Waals surface area contributed by atoms with Crippen molar-refractivity contribution in [1.29, 1.82) is 0 Å². The Hall–Kier alpha value is -2.45. The molecule has 1 saturated heterocycles. The van der Waals surface area contributed by atoms with Crippen LogP contribution in [-0.4, -0.2) is 34.2 Å². The van der Waals surface area contributed by atoms with E-state index in [2.05, 4.69) is 10.2 Å². The minimum absolute atomic E-state index is 0.0636. The van der Waals surface area contributed by atoms with Crippen LogP contribution in [0.15, 0.2) is 46.9 Å². The van der Waals surface area contributed by atoms with Crippen LogP contribution in [0.3, 0.4) is 0 Å². The van der Waals surface area contributed by atoms with Crippen LogP contribution < -0.4 is 5.43 Å². The van der Waals surface area contributed by atoms with E-state index in [1.54, 1.807) is 6.08 Å². The summed E-state index contributed by atoms with van der Waals surface area (Å²) >= 11 is 6.27. The number of methoxy groups -OCH3 is 1. The molecule has 2 amide bonds. The van der Waals surface area contributed by atoms with Gasteiger partial charge in [-0.2, -0.15) is 5.01 Å². The molecule has 0 bridgehead atoms. The molecular weight excluding hydrogens is 372 g/mol. The number of hydrogen-bond donors (Lipinski definition) is 1. The average molecular weight is 390 g/mol. The molecule has 1 aromatic carbocycles. The highest BCUT2D eigenvalue weighted by Gasteiger charge is 2.33. The Kier molecular flexibility index (Phi) is 7.11. The van der Waals surface area contributed by atoms with Crippen LogP contribution in [0.2, 0.25) is 0 Å². The molecule has 1 heterocycles. The molecule has 1 aromatic rings. The van der Waals surface area contributed by atoms with Gasteiger partial charge in [0.2, 0.25) is 5.91 Å². The normalized spacial score (nSPS) is 16.2. The van der Waals surface area contributed by atoms with E-state index in [1.165, 1.54) is 7.11 Å². The lowest BCUT2D eigenvalue weighted by molar-refractivity contribution is -0.142. The molecule has 0 radical (unpaired) electrons. The summed E-state index contributed by atoms with van der Waals surface area (Å²) in [6.45, 7) is 1.88. The van der Waals surface area contributed by atoms with E-state index in [9.17, 15) is 14.4 Å². The summed E-state index contributed by atoms with van der Waals surface area (Å²) in [6.07, 6.45) is 3.52. The summed E-state index contributed by atoms with van der Waals surface area (Å²) in [4.78, 5) is 35.8. The number of ether oxygens (including phenoxy) is 1. The molecule has 2 rings (SSSR count). The van der Waals surface area contributed by atoms with E-state index in [-0.39, 0.29) is 17.2 Å². The molecule has 0 aromatic heterocycles. The van der Waals surface area contributed by atoms with Gasteiger partial charge in [0.25, 0.3) is 5.91 Å². The molecular formula is C18H18N2O4S2. The zero-order valence-electron chi connectivity index (χ0n) is 14.4. The second-order valence-electron chi connectivity index (χ2n) is 5.43. The van der Waals surface area contributed by atoms with Crippen LogP contribution in [-0.2, 0) is 19.1 Å². The number of thiocarbonyl (C=S) groups is 1. The molecule has 1 N–H and O–H groups in total. The summed E-state index contributed by atoms with van der Waals surface area (Å²) in [5.41, 5.74) is 4.33. The standard InChI is InChI=1S/C18H18N2O4S2/c1-12(10-13-6-4-3-5-7-13)11-14-17(23)20(18(25)26-14)19-15(21)8-9-16(22)24-2/h3-7,10-11H,8-9H2,1-2H3,(H,19,21)/b12-10+,14-11-. The summed E-state index contributed by atoms with van der Waals surface area (Å²) < 4.78 is 4.71. The van der Waals surface area contributed by atoms with Crippen molar-refractivity contribution in [3.05, 3.63) is 52.4 Å². The maximum Gasteiger partial charge on any atom is 0.306 e. The van der Waals surface area contributed by atoms with E-state index in [1.807, 2.05) is 43.3 Å². The van der Waals surface area contributed by atoms with Gasteiger partial charge >= 0.3 is 5.97 Å². The number of rotatable bonds is 6. The first-order valence-corrected chi connectivity index (χ1v) is 9.01. The predicted octanol–water partition coefficient (Wildman–Crippen LogP) is 2.82. The van der Waals surface area contributed by atoms with Crippen LogP contribution in [0.5, 0.6) is 0 Å². The van der Waals surface area contributed by atoms with Gasteiger partial charge in [0.1, 0.15) is 0 Å². The minimum atomic E-state index is -0.493. The van der Waals surface area contributed by atoms with Crippen molar-refractivity contribution in [3.8, 4) is 0 Å². The Morgan fingerprint density at radius 1 is 1.27 bits per heavy atom. The maximum atomic E-state index is 12.4. The zero-order chi connectivity index (χ0) is 19.1. The fraction of sp³-hybridized carbons (Fsp3) is 0.222. The molecule has 1 aliphatic heterocycles. The third-order valence-electron chi connectivity index (χ3n) is 3.37. The molecule has 8 heteroatoms. The van der Waals surface area contributed by atoms with Crippen molar-refractivity contribution in [1.82, 2.24) is 10.4 Å². The van der Waals surface area contributed by atoms with Crippen molar-refractivity contribution in [2.24, 2.45) is 0 Å². The van der Waals surface area contributed by atoms with Gasteiger partial charge in [0, 0.05) is 6.42 Å². The number of amides is 2. The lowest BCUT2D eigenvalue weighted by Gasteiger charge is -2.15. The molecule has 0 aliphatic carbocycles. The van der Waals surface area contributed by atoms with Gasteiger partial charge in [-0.15, -0.1) is 0 Å². The molecule has 1 aliphatic rings. The second-order valence-corrected chi connectivity index (χ2v) is 7.10. The van der Waals surface area contributed by atoms with Crippen molar-refractivity contribution in [3.63, 3.8) is 0 Å². The van der Waals surface area contributed by atoms with E-state index in [4.69, 9.17) is 12.2 Å². The summed E-state index contributed by atoms with van der Waals surface area (Å²) in [5, 5.41) is 1.03. The summed E-state index contributed by atoms with van der Waals surface area (Å²) in [5.74, 6) is -1.37. The van der Waals surface area contributed by atoms with Crippen molar-refractivity contribution in [2.75, 3.05) is 7.11 Å². The Bertz CT molecular complexity index is 788. The first-order chi connectivity index (χ1) is 12.4. The smallest absolute Gasteiger partial charge is 0.306 e. The molecule has 0 spiro atoms. The second kappa shape index (κ2) is 9.30. The maximum absolute atomic E-state index is 12.4. The van der Waals surface area contributed by atoms with Crippen molar-refractivity contribution >= 4 is 52.2 Å². The minimum Gasteiger partial charge on any atom is -0.469 e. The fourth-order valence-electron chi connectivity index (χ4n) is 2.12. The van der Waals surface area contributed by atoms with Gasteiger partial charge in [-0.05, 0) is 36.4 Å². The molecule has 26 heavy (non-hydrogen) atoms. The number of nitrogens with zero attached hydrogens (tertiary/aromatic N) is 1. The Labute approximate surface area is 161 Å². The van der Waals surface area contributed by atoms with E-state index >= 15 is 0 Å². The van der Waals surface area contributed by atoms with Crippen LogP contribution in [0, 0.1) is 0 Å². The number of benzene rings is 1. The number of hydrogen-bond acceptors (Lipinski definition) is 6. The lowest BCUT2D eigenvalue weighted by atomic mass is 10.1. The van der Waals surface area contributed by atoms with E-state index in [0.29, 0.717) is 4.91 Å². The summed E-state index contributed by atoms with van der Waals surface area (Å²) in [6, 6.07) is 9.72. The highest BCUT2D eigenvalue weighted by atomic mass is 32.2.